The van der Waals surface area contributed by atoms with E-state index in [1.165, 1.54) is 22.3 Å². The lowest BCUT2D eigenvalue weighted by Gasteiger charge is -2.27. The Kier molecular flexibility index (Phi) is 9.49. The molecule has 0 atom stereocenters. The van der Waals surface area contributed by atoms with Crippen LogP contribution in [0.2, 0.25) is 0 Å². The molecule has 0 saturated carbocycles. The average molecular weight is 546 g/mol. The van der Waals surface area contributed by atoms with Gasteiger partial charge in [-0.1, -0.05) is 77.9 Å². The minimum atomic E-state index is -0.0707. The van der Waals surface area contributed by atoms with Gasteiger partial charge in [0.15, 0.2) is 0 Å². The zero-order chi connectivity index (χ0) is 26.6. The Balaban J connectivity index is 0.00000353. The van der Waals surface area contributed by atoms with E-state index in [0.717, 1.165) is 61.6 Å². The van der Waals surface area contributed by atoms with E-state index in [-0.39, 0.29) is 30.3 Å². The van der Waals surface area contributed by atoms with Crippen LogP contribution >= 0.6 is 12.4 Å². The maximum absolute atomic E-state index is 14.0. The predicted molar refractivity (Wildman–Crippen MR) is 162 cm³/mol. The number of nitrogens with one attached hydrogen (secondary N) is 1. The Bertz CT molecular complexity index is 1340. The molecule has 5 rings (SSSR count). The second-order valence-corrected chi connectivity index (χ2v) is 10.8. The maximum atomic E-state index is 14.0. The lowest BCUT2D eigenvalue weighted by atomic mass is 9.83. The summed E-state index contributed by atoms with van der Waals surface area (Å²) in [5.74, 6) is -0.0870. The van der Waals surface area contributed by atoms with Gasteiger partial charge in [-0.3, -0.25) is 9.69 Å². The van der Waals surface area contributed by atoms with E-state index in [0.29, 0.717) is 0 Å². The van der Waals surface area contributed by atoms with Crippen LogP contribution in [0.4, 0.5) is 0 Å². The number of nitrogens with zero attached hydrogens (tertiary/aromatic N) is 2. The van der Waals surface area contributed by atoms with Crippen LogP contribution in [0.25, 0.3) is 10.9 Å². The van der Waals surface area contributed by atoms with Crippen molar-refractivity contribution in [3.8, 4) is 0 Å². The van der Waals surface area contributed by atoms with Crippen molar-refractivity contribution in [1.82, 2.24) is 14.8 Å². The quantitative estimate of drug-likeness (QED) is 0.281. The SMILES string of the molecule is Cc1ccc(C(c2ccc(C)cc2)c2c(C(=O)NC(C)C)n(CCN3CCOCC3)c3ccccc23)cc1.Cl. The Morgan fingerprint density at radius 2 is 1.41 bits per heavy atom. The zero-order valence-electron chi connectivity index (χ0n) is 23.4. The van der Waals surface area contributed by atoms with E-state index >= 15 is 0 Å². The molecule has 0 aliphatic carbocycles. The van der Waals surface area contributed by atoms with E-state index in [4.69, 9.17) is 4.74 Å². The van der Waals surface area contributed by atoms with Gasteiger partial charge in [0.05, 0.1) is 13.2 Å². The molecular formula is C33H40ClN3O2. The smallest absolute Gasteiger partial charge is 0.268 e. The van der Waals surface area contributed by atoms with Crippen LogP contribution in [0.5, 0.6) is 0 Å². The lowest BCUT2D eigenvalue weighted by molar-refractivity contribution is 0.0364. The number of hydrogen-bond acceptors (Lipinski definition) is 3. The van der Waals surface area contributed by atoms with Gasteiger partial charge in [0.1, 0.15) is 5.69 Å². The largest absolute Gasteiger partial charge is 0.379 e. The molecule has 2 heterocycles. The molecule has 4 aromatic rings. The van der Waals surface area contributed by atoms with Crippen molar-refractivity contribution in [2.45, 2.75) is 46.2 Å². The van der Waals surface area contributed by atoms with Crippen LogP contribution in [-0.4, -0.2) is 54.3 Å². The normalized spacial score (nSPS) is 14.1. The summed E-state index contributed by atoms with van der Waals surface area (Å²) < 4.78 is 7.82. The first-order valence-corrected chi connectivity index (χ1v) is 13.8. The number of fused-ring (bicyclic) bond motifs is 1. The molecule has 1 aromatic heterocycles. The van der Waals surface area contributed by atoms with Crippen molar-refractivity contribution in [3.63, 3.8) is 0 Å². The van der Waals surface area contributed by atoms with Gasteiger partial charge >= 0.3 is 0 Å². The van der Waals surface area contributed by atoms with Gasteiger partial charge in [0.25, 0.3) is 5.91 Å². The second kappa shape index (κ2) is 12.8. The summed E-state index contributed by atoms with van der Waals surface area (Å²) in [5.41, 5.74) is 7.77. The van der Waals surface area contributed by atoms with Crippen molar-refractivity contribution < 1.29 is 9.53 Å². The highest BCUT2D eigenvalue weighted by molar-refractivity contribution is 6.03. The van der Waals surface area contributed by atoms with E-state index in [9.17, 15) is 4.79 Å². The fraction of sp³-hybridized carbons (Fsp3) is 0.364. The highest BCUT2D eigenvalue weighted by Crippen LogP contribution is 2.40. The van der Waals surface area contributed by atoms with E-state index in [1.54, 1.807) is 0 Å². The third-order valence-corrected chi connectivity index (χ3v) is 7.50. The summed E-state index contributed by atoms with van der Waals surface area (Å²) >= 11 is 0. The molecule has 1 N–H and O–H groups in total. The summed E-state index contributed by atoms with van der Waals surface area (Å²) in [6, 6.07) is 26.1. The number of morpholine rings is 1. The number of rotatable bonds is 8. The zero-order valence-corrected chi connectivity index (χ0v) is 24.3. The molecule has 39 heavy (non-hydrogen) atoms. The number of para-hydroxylation sites is 1. The lowest BCUT2D eigenvalue weighted by Crippen LogP contribution is -2.39. The Morgan fingerprint density at radius 1 is 0.846 bits per heavy atom. The first-order valence-electron chi connectivity index (χ1n) is 13.8. The molecule has 1 fully saturated rings. The Labute approximate surface area is 238 Å². The first-order chi connectivity index (χ1) is 18.4. The van der Waals surface area contributed by atoms with Crippen LogP contribution in [0, 0.1) is 13.8 Å². The highest BCUT2D eigenvalue weighted by atomic mass is 35.5. The molecule has 0 spiro atoms. The minimum absolute atomic E-state index is 0. The molecule has 5 nitrogen and oxygen atoms in total. The van der Waals surface area contributed by atoms with Crippen molar-refractivity contribution in [1.29, 1.82) is 0 Å². The van der Waals surface area contributed by atoms with Crippen LogP contribution in [0.1, 0.15) is 58.1 Å². The maximum Gasteiger partial charge on any atom is 0.268 e. The van der Waals surface area contributed by atoms with Gasteiger partial charge in [-0.2, -0.15) is 0 Å². The minimum Gasteiger partial charge on any atom is -0.379 e. The van der Waals surface area contributed by atoms with Gasteiger partial charge in [0, 0.05) is 54.6 Å². The summed E-state index contributed by atoms with van der Waals surface area (Å²) in [6.45, 7) is 13.3. The van der Waals surface area contributed by atoms with Crippen LogP contribution in [-0.2, 0) is 11.3 Å². The van der Waals surface area contributed by atoms with Gasteiger partial charge in [-0.15, -0.1) is 12.4 Å². The second-order valence-electron chi connectivity index (χ2n) is 10.8. The molecule has 0 bridgehead atoms. The summed E-state index contributed by atoms with van der Waals surface area (Å²) in [7, 11) is 0. The number of hydrogen-bond donors (Lipinski definition) is 1. The average Bonchev–Trinajstić information content (AvgIpc) is 3.24. The Morgan fingerprint density at radius 3 is 1.97 bits per heavy atom. The van der Waals surface area contributed by atoms with Crippen molar-refractivity contribution in [2.24, 2.45) is 0 Å². The van der Waals surface area contributed by atoms with Crippen LogP contribution in [0.3, 0.4) is 0 Å². The summed E-state index contributed by atoms with van der Waals surface area (Å²) in [5, 5.41) is 4.36. The van der Waals surface area contributed by atoms with Crippen molar-refractivity contribution in [3.05, 3.63) is 106 Å². The summed E-state index contributed by atoms with van der Waals surface area (Å²) in [4.78, 5) is 16.5. The number of carbonyl (C=O) groups is 1. The van der Waals surface area contributed by atoms with Gasteiger partial charge in [0.2, 0.25) is 0 Å². The van der Waals surface area contributed by atoms with E-state index < -0.39 is 0 Å². The van der Waals surface area contributed by atoms with E-state index in [2.05, 4.69) is 101 Å². The summed E-state index contributed by atoms with van der Waals surface area (Å²) in [6.07, 6.45) is 0. The molecule has 3 aromatic carbocycles. The van der Waals surface area contributed by atoms with Gasteiger partial charge in [-0.25, -0.2) is 0 Å². The van der Waals surface area contributed by atoms with E-state index in [1.807, 2.05) is 13.8 Å². The topological polar surface area (TPSA) is 46.5 Å². The number of amides is 1. The molecule has 206 valence electrons. The molecule has 1 saturated heterocycles. The Hall–Kier alpha value is -3.12. The number of benzene rings is 3. The third kappa shape index (κ3) is 6.38. The van der Waals surface area contributed by atoms with Crippen LogP contribution in [0.15, 0.2) is 72.8 Å². The molecule has 0 unspecified atom stereocenters. The molecule has 0 radical (unpaired) electrons. The van der Waals surface area contributed by atoms with Gasteiger partial charge in [-0.05, 0) is 44.9 Å². The molecule has 1 aliphatic heterocycles. The number of aryl methyl sites for hydroxylation is 2. The van der Waals surface area contributed by atoms with Crippen molar-refractivity contribution in [2.75, 3.05) is 32.8 Å². The standard InChI is InChI=1S/C33H39N3O2.ClH/c1-23(2)34-33(37)32-31(30(26-13-9-24(3)10-14-26)27-15-11-25(4)12-16-27)28-7-5-6-8-29(28)36(32)18-17-35-19-21-38-22-20-35;/h5-16,23,30H,17-22H2,1-4H3,(H,34,37);1H. The highest BCUT2D eigenvalue weighted by Gasteiger charge is 2.30. The molecule has 6 heteroatoms. The number of halogens is 1. The molecule has 1 aliphatic rings. The van der Waals surface area contributed by atoms with Crippen molar-refractivity contribution >= 4 is 29.2 Å². The third-order valence-electron chi connectivity index (χ3n) is 7.50. The predicted octanol–water partition coefficient (Wildman–Crippen LogP) is 6.33. The fourth-order valence-electron chi connectivity index (χ4n) is 5.54. The van der Waals surface area contributed by atoms with Crippen LogP contribution < -0.4 is 5.32 Å². The number of ether oxygens (including phenoxy) is 1. The molecule has 1 amide bonds. The first kappa shape index (κ1) is 28.9. The fourth-order valence-corrected chi connectivity index (χ4v) is 5.54. The number of carbonyl (C=O) groups excluding carboxylic acids is 1. The van der Waals surface area contributed by atoms with Gasteiger partial charge < -0.3 is 14.6 Å². The number of aromatic nitrogens is 1. The molecular weight excluding hydrogens is 506 g/mol. The monoisotopic (exact) mass is 545 g/mol.